The number of carbonyl (C=O) groups excluding carboxylic acids is 1. The monoisotopic (exact) mass is 819 g/mol. The summed E-state index contributed by atoms with van der Waals surface area (Å²) >= 11 is 0. The summed E-state index contributed by atoms with van der Waals surface area (Å²) in [6, 6.07) is 29.0. The molecule has 0 aliphatic heterocycles. The van der Waals surface area contributed by atoms with Gasteiger partial charge in [-0.05, 0) is 61.3 Å². The van der Waals surface area contributed by atoms with Crippen molar-refractivity contribution < 1.29 is 30.0 Å². The molecule has 3 aromatic heterocycles. The van der Waals surface area contributed by atoms with E-state index in [2.05, 4.69) is 91.0 Å². The van der Waals surface area contributed by atoms with E-state index in [-0.39, 0.29) is 42.5 Å². The van der Waals surface area contributed by atoms with Crippen molar-refractivity contribution in [2.75, 3.05) is 0 Å². The van der Waals surface area contributed by atoms with Crippen LogP contribution in [-0.4, -0.2) is 25.3 Å². The number of fused-ring (bicyclic) bond motifs is 6. The van der Waals surface area contributed by atoms with Crippen LogP contribution in [0.4, 0.5) is 0 Å². The Balaban J connectivity index is 0.000000251. The largest absolute Gasteiger partial charge is 0.512 e. The predicted octanol–water partition coefficient (Wildman–Crippen LogP) is 11.4. The number of para-hydroxylation sites is 1. The van der Waals surface area contributed by atoms with E-state index in [1.165, 1.54) is 22.4 Å². The van der Waals surface area contributed by atoms with Crippen LogP contribution in [0.3, 0.4) is 0 Å². The quantitative estimate of drug-likeness (QED) is 0.0896. The molecule has 253 valence electrons. The van der Waals surface area contributed by atoms with Crippen LogP contribution >= 0.6 is 0 Å². The number of allylic oxidation sites excluding steroid dienone is 2. The molecule has 6 heteroatoms. The molecule has 0 amide bonds. The van der Waals surface area contributed by atoms with Crippen LogP contribution in [0.2, 0.25) is 0 Å². The van der Waals surface area contributed by atoms with E-state index < -0.39 is 0 Å². The Morgan fingerprint density at radius 1 is 0.896 bits per heavy atom. The summed E-state index contributed by atoms with van der Waals surface area (Å²) in [7, 11) is 0. The topological polar surface area (TPSA) is 67.5 Å². The van der Waals surface area contributed by atoms with Gasteiger partial charge in [-0.25, -0.2) is 4.98 Å². The van der Waals surface area contributed by atoms with E-state index in [4.69, 9.17) is 9.97 Å². The molecule has 3 aromatic carbocycles. The average molecular weight is 819 g/mol. The third-order valence-corrected chi connectivity index (χ3v) is 10.5. The Morgan fingerprint density at radius 3 is 2.21 bits per heavy atom. The molecule has 1 radical (unpaired) electrons. The molecule has 3 heterocycles. The molecule has 0 aliphatic rings. The Kier molecular flexibility index (Phi) is 11.7. The van der Waals surface area contributed by atoms with Gasteiger partial charge < -0.3 is 5.11 Å². The summed E-state index contributed by atoms with van der Waals surface area (Å²) in [5.74, 6) is 0.694. The van der Waals surface area contributed by atoms with Gasteiger partial charge >= 0.3 is 0 Å². The number of pyridine rings is 2. The maximum Gasteiger partial charge on any atom is 0.164 e. The van der Waals surface area contributed by atoms with Crippen LogP contribution in [0.5, 0.6) is 0 Å². The fourth-order valence-electron chi connectivity index (χ4n) is 6.14. The molecule has 6 aromatic rings. The zero-order valence-electron chi connectivity index (χ0n) is 29.5. The zero-order chi connectivity index (χ0) is 33.9. The molecule has 0 aliphatic carbocycles. The summed E-state index contributed by atoms with van der Waals surface area (Å²) in [5.41, 5.74) is 6.70. The second kappa shape index (κ2) is 15.1. The molecule has 0 atom stereocenters. The van der Waals surface area contributed by atoms with Crippen molar-refractivity contribution in [3.8, 4) is 11.3 Å². The molecule has 0 spiro atoms. The van der Waals surface area contributed by atoms with E-state index in [9.17, 15) is 9.90 Å². The minimum absolute atomic E-state index is 0. The van der Waals surface area contributed by atoms with Gasteiger partial charge in [0.2, 0.25) is 0 Å². The molecule has 0 saturated heterocycles. The molecule has 6 rings (SSSR count). The van der Waals surface area contributed by atoms with Crippen molar-refractivity contribution in [3.63, 3.8) is 0 Å². The predicted molar refractivity (Wildman–Crippen MR) is 197 cm³/mol. The Hall–Kier alpha value is -3.86. The maximum absolute atomic E-state index is 12.2. The average Bonchev–Trinajstić information content (AvgIpc) is 3.50. The number of rotatable bonds is 9. The molecule has 0 saturated carbocycles. The minimum Gasteiger partial charge on any atom is -0.512 e. The van der Waals surface area contributed by atoms with Gasteiger partial charge in [-0.15, -0.1) is 29.1 Å². The number of aliphatic hydroxyl groups is 1. The first-order valence-corrected chi connectivity index (χ1v) is 17.1. The number of nitrogens with zero attached hydrogens (tertiary/aromatic N) is 3. The molecule has 0 fully saturated rings. The number of ketones is 1. The number of aliphatic hydroxyl groups excluding tert-OH is 1. The molecule has 48 heavy (non-hydrogen) atoms. The van der Waals surface area contributed by atoms with Gasteiger partial charge in [0.05, 0.1) is 16.6 Å². The number of hydrogen-bond donors (Lipinski definition) is 1. The smallest absolute Gasteiger partial charge is 0.164 e. The van der Waals surface area contributed by atoms with Crippen molar-refractivity contribution in [2.45, 2.75) is 87.0 Å². The number of carbonyl (C=O) groups is 1. The molecule has 0 bridgehead atoms. The first kappa shape index (κ1) is 37.0. The van der Waals surface area contributed by atoms with Crippen molar-refractivity contribution in [2.24, 2.45) is 10.8 Å². The van der Waals surface area contributed by atoms with Gasteiger partial charge in [0.15, 0.2) is 5.78 Å². The van der Waals surface area contributed by atoms with Crippen LogP contribution in [0.25, 0.3) is 49.6 Å². The van der Waals surface area contributed by atoms with Crippen LogP contribution in [0.1, 0.15) is 92.6 Å². The van der Waals surface area contributed by atoms with Crippen LogP contribution in [-0.2, 0) is 24.9 Å². The van der Waals surface area contributed by atoms with Crippen LogP contribution in [0, 0.1) is 16.9 Å². The number of aromatic nitrogens is 3. The summed E-state index contributed by atoms with van der Waals surface area (Å²) in [6.07, 6.45) is 6.61. The standard InChI is InChI=1S/C27H20N3.C15H28O2.Ir/c1-17(2)22-16-20(15-19-8-3-5-9-21(19)22)26-27-23(13-14-28-26)29-25-12-11-18-7-4-6-10-24(18)30(25)27;1-7-14(5,8-2)12(16)11-13(17)15(6,9-3)10-4;/h3-14,16-17H,1-2H3;11,16H,7-10H2,1-6H3;/q-1;;/b;12-11-;. The number of hydrogen-bond acceptors (Lipinski definition) is 4. The molecule has 1 N–H and O–H groups in total. The van der Waals surface area contributed by atoms with Gasteiger partial charge in [0.25, 0.3) is 0 Å². The second-order valence-electron chi connectivity index (χ2n) is 13.5. The molecular formula is C42H48IrN3O2-. The first-order chi connectivity index (χ1) is 22.5. The molecular weight excluding hydrogens is 771 g/mol. The van der Waals surface area contributed by atoms with Gasteiger partial charge in [-0.1, -0.05) is 103 Å². The SMILES string of the molecule is CC(C)c1cc(-c2nccc3nc4ccc5ccccc5n4c23)[c-]c2ccccc12.CCC(C)(CC)C(=O)/C=C(\O)C(C)(CC)CC.[Ir]. The summed E-state index contributed by atoms with van der Waals surface area (Å²) < 4.78 is 2.23. The fraction of sp³-hybridized carbons (Fsp3) is 0.357. The van der Waals surface area contributed by atoms with E-state index >= 15 is 0 Å². The van der Waals surface area contributed by atoms with Crippen LogP contribution < -0.4 is 0 Å². The van der Waals surface area contributed by atoms with Crippen LogP contribution in [0.15, 0.2) is 90.8 Å². The van der Waals surface area contributed by atoms with Crippen molar-refractivity contribution >= 4 is 44.1 Å². The van der Waals surface area contributed by atoms with Crippen molar-refractivity contribution in [1.29, 1.82) is 0 Å². The molecule has 5 nitrogen and oxygen atoms in total. The Morgan fingerprint density at radius 2 is 1.54 bits per heavy atom. The van der Waals surface area contributed by atoms with E-state index in [1.807, 2.05) is 53.8 Å². The Bertz CT molecular complexity index is 2080. The fourth-order valence-corrected chi connectivity index (χ4v) is 6.14. The second-order valence-corrected chi connectivity index (χ2v) is 13.5. The first-order valence-electron chi connectivity index (χ1n) is 17.1. The van der Waals surface area contributed by atoms with E-state index in [0.717, 1.165) is 64.5 Å². The van der Waals surface area contributed by atoms with Crippen molar-refractivity contribution in [1.82, 2.24) is 14.4 Å². The normalized spacial score (nSPS) is 12.4. The molecule has 0 unspecified atom stereocenters. The summed E-state index contributed by atoms with van der Waals surface area (Å²) in [5, 5.41) is 13.7. The minimum atomic E-state index is -0.337. The summed E-state index contributed by atoms with van der Waals surface area (Å²) in [6.45, 7) is 16.6. The van der Waals surface area contributed by atoms with Gasteiger partial charge in [0.1, 0.15) is 11.4 Å². The van der Waals surface area contributed by atoms with E-state index in [0.29, 0.717) is 5.92 Å². The third-order valence-electron chi connectivity index (χ3n) is 10.5. The number of imidazole rings is 1. The van der Waals surface area contributed by atoms with Crippen molar-refractivity contribution in [3.05, 3.63) is 102 Å². The number of benzene rings is 3. The summed E-state index contributed by atoms with van der Waals surface area (Å²) in [4.78, 5) is 21.9. The Labute approximate surface area is 298 Å². The zero-order valence-corrected chi connectivity index (χ0v) is 31.9. The van der Waals surface area contributed by atoms with Gasteiger partial charge in [-0.2, -0.15) is 0 Å². The van der Waals surface area contributed by atoms with Gasteiger partial charge in [-0.3, -0.25) is 14.2 Å². The maximum atomic E-state index is 12.2. The third kappa shape index (κ3) is 6.97. The van der Waals surface area contributed by atoms with E-state index in [1.54, 1.807) is 0 Å². The van der Waals surface area contributed by atoms with Gasteiger partial charge in [0, 0.05) is 48.9 Å².